The molecule has 2 atom stereocenters. The van der Waals surface area contributed by atoms with Crippen LogP contribution in [0.4, 0.5) is 0 Å². The highest BCUT2D eigenvalue weighted by atomic mass is 79.9. The zero-order valence-electron chi connectivity index (χ0n) is 7.90. The molecule has 0 amide bonds. The number of hydrogen-bond donors (Lipinski definition) is 2. The van der Waals surface area contributed by atoms with Crippen LogP contribution in [0.1, 0.15) is 19.8 Å². The van der Waals surface area contributed by atoms with E-state index in [9.17, 15) is 9.59 Å². The molecule has 0 bridgehead atoms. The number of esters is 1. The minimum absolute atomic E-state index is 0.0248. The van der Waals surface area contributed by atoms with Crippen LogP contribution in [0.25, 0.3) is 0 Å². The summed E-state index contributed by atoms with van der Waals surface area (Å²) in [6.45, 7) is 1.95. The van der Waals surface area contributed by atoms with Crippen LogP contribution >= 0.6 is 15.9 Å². The summed E-state index contributed by atoms with van der Waals surface area (Å²) in [5.41, 5.74) is 5.52. The van der Waals surface area contributed by atoms with Gasteiger partial charge in [0.15, 0.2) is 0 Å². The van der Waals surface area contributed by atoms with Crippen molar-refractivity contribution in [1.29, 1.82) is 0 Å². The van der Waals surface area contributed by atoms with Crippen molar-refractivity contribution in [1.82, 2.24) is 0 Å². The number of carboxylic acid groups (broad SMARTS) is 1. The third-order valence-electron chi connectivity index (χ3n) is 1.58. The largest absolute Gasteiger partial charge is 0.481 e. The molecule has 6 heteroatoms. The van der Waals surface area contributed by atoms with E-state index >= 15 is 0 Å². The Morgan fingerprint density at radius 1 is 1.57 bits per heavy atom. The number of rotatable bonds is 6. The number of carbonyl (C=O) groups excluding carboxylic acids is 1. The molecular formula is C8H14BrNO4. The van der Waals surface area contributed by atoms with Crippen molar-refractivity contribution < 1.29 is 19.4 Å². The van der Waals surface area contributed by atoms with Gasteiger partial charge in [-0.05, 0) is 13.3 Å². The molecule has 0 saturated carbocycles. The van der Waals surface area contributed by atoms with Crippen molar-refractivity contribution in [2.45, 2.75) is 30.6 Å². The number of halogens is 1. The van der Waals surface area contributed by atoms with Gasteiger partial charge in [-0.3, -0.25) is 9.59 Å². The van der Waals surface area contributed by atoms with E-state index < -0.39 is 18.0 Å². The summed E-state index contributed by atoms with van der Waals surface area (Å²) < 4.78 is 4.69. The van der Waals surface area contributed by atoms with E-state index in [4.69, 9.17) is 15.6 Å². The number of aliphatic carboxylic acids is 1. The predicted octanol–water partition coefficient (Wildman–Crippen LogP) is 0.505. The maximum atomic E-state index is 11.1. The first-order chi connectivity index (χ1) is 6.49. The van der Waals surface area contributed by atoms with Crippen LogP contribution < -0.4 is 5.73 Å². The van der Waals surface area contributed by atoms with Crippen LogP contribution in [0.3, 0.4) is 0 Å². The summed E-state index contributed by atoms with van der Waals surface area (Å²) >= 11 is 3.15. The molecule has 0 spiro atoms. The fourth-order valence-electron chi connectivity index (χ4n) is 0.827. The van der Waals surface area contributed by atoms with Gasteiger partial charge in [0.05, 0.1) is 6.61 Å². The molecule has 0 aliphatic heterocycles. The SMILES string of the molecule is CCOC(=O)C(N)C(Br)CCC(=O)O. The first-order valence-corrected chi connectivity index (χ1v) is 5.18. The highest BCUT2D eigenvalue weighted by molar-refractivity contribution is 9.09. The first-order valence-electron chi connectivity index (χ1n) is 4.27. The summed E-state index contributed by atoms with van der Waals surface area (Å²) in [5, 5.41) is 8.41. The van der Waals surface area contributed by atoms with Gasteiger partial charge in [-0.1, -0.05) is 15.9 Å². The third-order valence-corrected chi connectivity index (χ3v) is 2.61. The Labute approximate surface area is 90.7 Å². The average Bonchev–Trinajstić information content (AvgIpc) is 2.13. The number of nitrogens with two attached hydrogens (primary N) is 1. The minimum Gasteiger partial charge on any atom is -0.481 e. The number of carboxylic acids is 1. The van der Waals surface area contributed by atoms with E-state index in [2.05, 4.69) is 15.9 Å². The van der Waals surface area contributed by atoms with E-state index in [1.54, 1.807) is 6.92 Å². The van der Waals surface area contributed by atoms with Gasteiger partial charge in [0.2, 0.25) is 0 Å². The van der Waals surface area contributed by atoms with Gasteiger partial charge in [-0.2, -0.15) is 0 Å². The maximum absolute atomic E-state index is 11.1. The van der Waals surface area contributed by atoms with E-state index in [1.807, 2.05) is 0 Å². The van der Waals surface area contributed by atoms with Crippen LogP contribution in [-0.4, -0.2) is 34.5 Å². The maximum Gasteiger partial charge on any atom is 0.324 e. The monoisotopic (exact) mass is 267 g/mol. The Morgan fingerprint density at radius 3 is 2.57 bits per heavy atom. The Morgan fingerprint density at radius 2 is 2.14 bits per heavy atom. The molecule has 0 rings (SSSR count). The van der Waals surface area contributed by atoms with Crippen molar-refractivity contribution in [2.24, 2.45) is 5.73 Å². The second kappa shape index (κ2) is 6.78. The number of alkyl halides is 1. The lowest BCUT2D eigenvalue weighted by atomic mass is 10.1. The molecule has 0 aliphatic rings. The van der Waals surface area contributed by atoms with Crippen LogP contribution in [-0.2, 0) is 14.3 Å². The fourth-order valence-corrected chi connectivity index (χ4v) is 1.27. The zero-order valence-corrected chi connectivity index (χ0v) is 9.49. The summed E-state index contributed by atoms with van der Waals surface area (Å²) in [5.74, 6) is -1.43. The smallest absolute Gasteiger partial charge is 0.324 e. The third kappa shape index (κ3) is 5.18. The topological polar surface area (TPSA) is 89.6 Å². The molecule has 0 aliphatic carbocycles. The molecule has 3 N–H and O–H groups in total. The summed E-state index contributed by atoms with van der Waals surface area (Å²) in [7, 11) is 0. The molecule has 0 saturated heterocycles. The molecule has 0 aromatic rings. The van der Waals surface area contributed by atoms with Crippen LogP contribution in [0.15, 0.2) is 0 Å². The number of hydrogen-bond acceptors (Lipinski definition) is 4. The van der Waals surface area contributed by atoms with Crippen molar-refractivity contribution in [3.05, 3.63) is 0 Å². The number of ether oxygens (including phenoxy) is 1. The van der Waals surface area contributed by atoms with Gasteiger partial charge in [0, 0.05) is 11.2 Å². The van der Waals surface area contributed by atoms with E-state index in [0.717, 1.165) is 0 Å². The summed E-state index contributed by atoms with van der Waals surface area (Å²) in [6, 6.07) is -0.811. The van der Waals surface area contributed by atoms with E-state index in [1.165, 1.54) is 0 Å². The molecule has 0 radical (unpaired) electrons. The number of carbonyl (C=O) groups is 2. The second-order valence-corrected chi connectivity index (χ2v) is 3.90. The van der Waals surface area contributed by atoms with Gasteiger partial charge in [-0.25, -0.2) is 0 Å². The normalized spacial score (nSPS) is 14.5. The average molecular weight is 268 g/mol. The lowest BCUT2D eigenvalue weighted by molar-refractivity contribution is -0.145. The Balaban J connectivity index is 3.91. The predicted molar refractivity (Wildman–Crippen MR) is 54.2 cm³/mol. The van der Waals surface area contributed by atoms with Gasteiger partial charge in [0.1, 0.15) is 6.04 Å². The molecule has 14 heavy (non-hydrogen) atoms. The van der Waals surface area contributed by atoms with Gasteiger partial charge >= 0.3 is 11.9 Å². The molecule has 0 heterocycles. The summed E-state index contributed by atoms with van der Waals surface area (Å²) in [6.07, 6.45) is 0.276. The lowest BCUT2D eigenvalue weighted by Crippen LogP contribution is -2.40. The van der Waals surface area contributed by atoms with Gasteiger partial charge in [0.25, 0.3) is 0 Å². The Hall–Kier alpha value is -0.620. The first kappa shape index (κ1) is 13.4. The van der Waals surface area contributed by atoms with Gasteiger partial charge < -0.3 is 15.6 Å². The van der Waals surface area contributed by atoms with Crippen molar-refractivity contribution >= 4 is 27.9 Å². The Bertz CT molecular complexity index is 210. The summed E-state index contributed by atoms with van der Waals surface area (Å²) in [4.78, 5) is 21.0. The molecule has 82 valence electrons. The highest BCUT2D eigenvalue weighted by Crippen LogP contribution is 2.12. The van der Waals surface area contributed by atoms with Crippen molar-refractivity contribution in [3.8, 4) is 0 Å². The van der Waals surface area contributed by atoms with Crippen LogP contribution in [0, 0.1) is 0 Å². The molecule has 5 nitrogen and oxygen atoms in total. The Kier molecular flexibility index (Phi) is 6.48. The minimum atomic E-state index is -0.912. The van der Waals surface area contributed by atoms with E-state index in [0.29, 0.717) is 6.42 Å². The van der Waals surface area contributed by atoms with Crippen LogP contribution in [0.2, 0.25) is 0 Å². The van der Waals surface area contributed by atoms with Crippen molar-refractivity contribution in [3.63, 3.8) is 0 Å². The molecule has 0 fully saturated rings. The second-order valence-electron chi connectivity index (χ2n) is 2.73. The van der Waals surface area contributed by atoms with Gasteiger partial charge in [-0.15, -0.1) is 0 Å². The molecule has 2 unspecified atom stereocenters. The lowest BCUT2D eigenvalue weighted by Gasteiger charge is -2.15. The molecular weight excluding hydrogens is 254 g/mol. The molecule has 0 aromatic carbocycles. The fraction of sp³-hybridized carbons (Fsp3) is 0.750. The van der Waals surface area contributed by atoms with Crippen LogP contribution in [0.5, 0.6) is 0 Å². The van der Waals surface area contributed by atoms with E-state index in [-0.39, 0.29) is 17.9 Å². The standard InChI is InChI=1S/C8H14BrNO4/c1-2-14-8(13)7(10)5(9)3-4-6(11)12/h5,7H,2-4,10H2,1H3,(H,11,12). The highest BCUT2D eigenvalue weighted by Gasteiger charge is 2.23. The van der Waals surface area contributed by atoms with Crippen molar-refractivity contribution in [2.75, 3.05) is 6.61 Å². The zero-order chi connectivity index (χ0) is 11.1. The molecule has 0 aromatic heterocycles. The quantitative estimate of drug-likeness (QED) is 0.541.